The van der Waals surface area contributed by atoms with Crippen molar-refractivity contribution in [1.82, 2.24) is 5.32 Å². The summed E-state index contributed by atoms with van der Waals surface area (Å²) in [7, 11) is 0. The van der Waals surface area contributed by atoms with Crippen LogP contribution in [-0.2, 0) is 0 Å². The first-order valence-electron chi connectivity index (χ1n) is 7.70. The maximum Gasteiger partial charge on any atom is 0.131 e. The summed E-state index contributed by atoms with van der Waals surface area (Å²) in [6, 6.07) is 11.7. The van der Waals surface area contributed by atoms with Crippen LogP contribution in [0.5, 0.6) is 0 Å². The molecule has 0 aliphatic heterocycles. The van der Waals surface area contributed by atoms with Gasteiger partial charge in [0.1, 0.15) is 5.82 Å². The van der Waals surface area contributed by atoms with E-state index in [0.717, 1.165) is 29.7 Å². The van der Waals surface area contributed by atoms with Crippen LogP contribution in [0.4, 0.5) is 4.39 Å². The van der Waals surface area contributed by atoms with Crippen LogP contribution in [0.15, 0.2) is 36.4 Å². The molecule has 0 aromatic heterocycles. The van der Waals surface area contributed by atoms with Gasteiger partial charge in [0.05, 0.1) is 0 Å². The number of hydrogen-bond acceptors (Lipinski definition) is 1. The molecule has 1 saturated carbocycles. The topological polar surface area (TPSA) is 12.0 Å². The average molecular weight is 271 g/mol. The van der Waals surface area contributed by atoms with Gasteiger partial charge in [-0.05, 0) is 42.3 Å². The quantitative estimate of drug-likeness (QED) is 0.794. The van der Waals surface area contributed by atoms with Gasteiger partial charge in [-0.25, -0.2) is 4.39 Å². The monoisotopic (exact) mass is 271 g/mol. The number of fused-ring (bicyclic) bond motifs is 1. The SMILES string of the molecule is CCNC(CCC1CC1)c1ccc(F)c2ccccc12. The van der Waals surface area contributed by atoms with E-state index in [0.29, 0.717) is 6.04 Å². The Labute approximate surface area is 120 Å². The molecule has 1 aliphatic rings. The van der Waals surface area contributed by atoms with Gasteiger partial charge < -0.3 is 5.32 Å². The predicted molar refractivity (Wildman–Crippen MR) is 82.3 cm³/mol. The summed E-state index contributed by atoms with van der Waals surface area (Å²) < 4.78 is 13.9. The van der Waals surface area contributed by atoms with Crippen molar-refractivity contribution in [2.75, 3.05) is 6.54 Å². The Morgan fingerprint density at radius 1 is 1.15 bits per heavy atom. The van der Waals surface area contributed by atoms with E-state index in [1.165, 1.54) is 24.8 Å². The first-order chi connectivity index (χ1) is 9.79. The van der Waals surface area contributed by atoms with Gasteiger partial charge in [-0.1, -0.05) is 50.1 Å². The smallest absolute Gasteiger partial charge is 0.131 e. The zero-order chi connectivity index (χ0) is 13.9. The van der Waals surface area contributed by atoms with Gasteiger partial charge in [-0.3, -0.25) is 0 Å². The van der Waals surface area contributed by atoms with Crippen molar-refractivity contribution in [2.45, 2.75) is 38.6 Å². The minimum absolute atomic E-state index is 0.123. The van der Waals surface area contributed by atoms with E-state index >= 15 is 0 Å². The second kappa shape index (κ2) is 5.92. The fourth-order valence-electron chi connectivity index (χ4n) is 3.01. The first kappa shape index (κ1) is 13.6. The Kier molecular flexibility index (Phi) is 4.02. The third kappa shape index (κ3) is 2.85. The van der Waals surface area contributed by atoms with E-state index in [2.05, 4.69) is 12.2 Å². The van der Waals surface area contributed by atoms with E-state index < -0.39 is 0 Å². The van der Waals surface area contributed by atoms with E-state index in [-0.39, 0.29) is 5.82 Å². The lowest BCUT2D eigenvalue weighted by atomic mass is 9.94. The minimum Gasteiger partial charge on any atom is -0.310 e. The van der Waals surface area contributed by atoms with Crippen molar-refractivity contribution < 1.29 is 4.39 Å². The third-order valence-corrected chi connectivity index (χ3v) is 4.29. The summed E-state index contributed by atoms with van der Waals surface area (Å²) in [4.78, 5) is 0. The van der Waals surface area contributed by atoms with E-state index in [4.69, 9.17) is 0 Å². The fraction of sp³-hybridized carbons (Fsp3) is 0.444. The van der Waals surface area contributed by atoms with Crippen molar-refractivity contribution in [2.24, 2.45) is 5.92 Å². The summed E-state index contributed by atoms with van der Waals surface area (Å²) in [5.74, 6) is 0.810. The summed E-state index contributed by atoms with van der Waals surface area (Å²) in [6.45, 7) is 3.08. The van der Waals surface area contributed by atoms with Gasteiger partial charge in [0.25, 0.3) is 0 Å². The summed E-state index contributed by atoms with van der Waals surface area (Å²) in [5, 5.41) is 5.36. The van der Waals surface area contributed by atoms with E-state index in [1.54, 1.807) is 6.07 Å². The Balaban J connectivity index is 1.94. The summed E-state index contributed by atoms with van der Waals surface area (Å²) in [6.07, 6.45) is 5.21. The Bertz CT molecular complexity index is 589. The van der Waals surface area contributed by atoms with Crippen LogP contribution in [0.3, 0.4) is 0 Å². The molecule has 1 unspecified atom stereocenters. The van der Waals surface area contributed by atoms with Crippen molar-refractivity contribution >= 4 is 10.8 Å². The molecular formula is C18H22FN. The molecule has 1 N–H and O–H groups in total. The molecule has 0 radical (unpaired) electrons. The van der Waals surface area contributed by atoms with Crippen LogP contribution in [0.1, 0.15) is 44.2 Å². The molecule has 106 valence electrons. The highest BCUT2D eigenvalue weighted by molar-refractivity contribution is 5.86. The molecule has 3 rings (SSSR count). The van der Waals surface area contributed by atoms with Crippen LogP contribution < -0.4 is 5.32 Å². The molecule has 2 heteroatoms. The normalized spacial score (nSPS) is 16.5. The molecule has 0 bridgehead atoms. The maximum atomic E-state index is 13.9. The van der Waals surface area contributed by atoms with E-state index in [1.807, 2.05) is 30.3 Å². The molecule has 1 aliphatic carbocycles. The van der Waals surface area contributed by atoms with Crippen molar-refractivity contribution in [3.8, 4) is 0 Å². The molecule has 0 heterocycles. The maximum absolute atomic E-state index is 13.9. The van der Waals surface area contributed by atoms with Crippen LogP contribution in [0, 0.1) is 11.7 Å². The molecule has 2 aromatic rings. The van der Waals surface area contributed by atoms with Crippen molar-refractivity contribution in [1.29, 1.82) is 0 Å². The van der Waals surface area contributed by atoms with Crippen molar-refractivity contribution in [3.05, 3.63) is 47.8 Å². The number of nitrogens with one attached hydrogen (secondary N) is 1. The Morgan fingerprint density at radius 3 is 2.60 bits per heavy atom. The Morgan fingerprint density at radius 2 is 1.90 bits per heavy atom. The molecule has 1 atom stereocenters. The second-order valence-electron chi connectivity index (χ2n) is 5.81. The highest BCUT2D eigenvalue weighted by Gasteiger charge is 2.23. The van der Waals surface area contributed by atoms with Gasteiger partial charge in [0, 0.05) is 11.4 Å². The molecule has 0 saturated heterocycles. The molecule has 20 heavy (non-hydrogen) atoms. The molecule has 2 aromatic carbocycles. The Hall–Kier alpha value is -1.41. The lowest BCUT2D eigenvalue weighted by Crippen LogP contribution is -2.21. The van der Waals surface area contributed by atoms with Crippen LogP contribution in [0.2, 0.25) is 0 Å². The fourth-order valence-corrected chi connectivity index (χ4v) is 3.01. The molecule has 0 amide bonds. The molecule has 0 spiro atoms. The summed E-state index contributed by atoms with van der Waals surface area (Å²) >= 11 is 0. The second-order valence-corrected chi connectivity index (χ2v) is 5.81. The lowest BCUT2D eigenvalue weighted by Gasteiger charge is -2.20. The average Bonchev–Trinajstić information content (AvgIpc) is 3.29. The van der Waals surface area contributed by atoms with Gasteiger partial charge >= 0.3 is 0 Å². The van der Waals surface area contributed by atoms with E-state index in [9.17, 15) is 4.39 Å². The zero-order valence-electron chi connectivity index (χ0n) is 12.0. The van der Waals surface area contributed by atoms with Gasteiger partial charge in [-0.15, -0.1) is 0 Å². The van der Waals surface area contributed by atoms with Crippen LogP contribution in [0.25, 0.3) is 10.8 Å². The standard InChI is InChI=1S/C18H22FN/c1-2-20-18(12-9-13-7-8-13)16-10-11-17(19)15-6-4-3-5-14(15)16/h3-6,10-11,13,18,20H,2,7-9,12H2,1H3. The first-order valence-corrected chi connectivity index (χ1v) is 7.70. The molecule has 1 nitrogen and oxygen atoms in total. The highest BCUT2D eigenvalue weighted by Crippen LogP contribution is 2.37. The molecule has 1 fully saturated rings. The number of halogens is 1. The number of rotatable bonds is 6. The van der Waals surface area contributed by atoms with Crippen molar-refractivity contribution in [3.63, 3.8) is 0 Å². The largest absolute Gasteiger partial charge is 0.310 e. The van der Waals surface area contributed by atoms with Gasteiger partial charge in [0.15, 0.2) is 0 Å². The van der Waals surface area contributed by atoms with Crippen LogP contribution >= 0.6 is 0 Å². The van der Waals surface area contributed by atoms with Gasteiger partial charge in [0.2, 0.25) is 0 Å². The zero-order valence-corrected chi connectivity index (χ0v) is 12.0. The van der Waals surface area contributed by atoms with Crippen LogP contribution in [-0.4, -0.2) is 6.54 Å². The van der Waals surface area contributed by atoms with Gasteiger partial charge in [-0.2, -0.15) is 0 Å². The molecular weight excluding hydrogens is 249 g/mol. The summed E-state index contributed by atoms with van der Waals surface area (Å²) in [5.41, 5.74) is 1.24. The predicted octanol–water partition coefficient (Wildman–Crippen LogP) is 4.82. The highest BCUT2D eigenvalue weighted by atomic mass is 19.1. The number of hydrogen-bond donors (Lipinski definition) is 1. The number of benzene rings is 2. The lowest BCUT2D eigenvalue weighted by molar-refractivity contribution is 0.484. The minimum atomic E-state index is -0.123. The third-order valence-electron chi connectivity index (χ3n) is 4.29.